The van der Waals surface area contributed by atoms with Gasteiger partial charge in [0.05, 0.1) is 0 Å². The molecule has 62 valence electrons. The zero-order chi connectivity index (χ0) is 8.55. The van der Waals surface area contributed by atoms with Crippen molar-refractivity contribution in [2.24, 2.45) is 5.92 Å². The van der Waals surface area contributed by atoms with E-state index in [-0.39, 0.29) is 11.7 Å². The summed E-state index contributed by atoms with van der Waals surface area (Å²) >= 11 is 0. The molecule has 1 saturated carbocycles. The maximum atomic E-state index is 11.5. The number of carbonyl (C=O) groups excluding carboxylic acids is 1. The van der Waals surface area contributed by atoms with Crippen molar-refractivity contribution in [3.8, 4) is 0 Å². The van der Waals surface area contributed by atoms with Gasteiger partial charge in [0.2, 0.25) is 0 Å². The highest BCUT2D eigenvalue weighted by atomic mass is 16.1. The topological polar surface area (TPSA) is 30.0 Å². The monoisotopic (exact) mass is 161 g/mol. The van der Waals surface area contributed by atoms with Gasteiger partial charge >= 0.3 is 0 Å². The van der Waals surface area contributed by atoms with Crippen LogP contribution in [0.25, 0.3) is 0 Å². The molecule has 0 amide bonds. The number of hydrogen-bond acceptors (Lipinski definition) is 2. The van der Waals surface area contributed by atoms with Gasteiger partial charge in [-0.1, -0.05) is 6.07 Å². The lowest BCUT2D eigenvalue weighted by molar-refractivity contribution is 0.0963. The molecule has 0 bridgehead atoms. The van der Waals surface area contributed by atoms with Crippen LogP contribution in [0, 0.1) is 12.8 Å². The molecule has 0 N–H and O–H groups in total. The average Bonchev–Trinajstić information content (AvgIpc) is 2.87. The highest BCUT2D eigenvalue weighted by molar-refractivity contribution is 5.97. The second kappa shape index (κ2) is 2.70. The molecule has 1 fully saturated rings. The Labute approximate surface area is 71.6 Å². The van der Waals surface area contributed by atoms with E-state index in [2.05, 4.69) is 4.98 Å². The SMILES string of the molecule is Cc1ccc(C(=O)C2CC2)nc1. The quantitative estimate of drug-likeness (QED) is 0.621. The van der Waals surface area contributed by atoms with Gasteiger partial charge in [-0.3, -0.25) is 9.78 Å². The van der Waals surface area contributed by atoms with E-state index in [1.54, 1.807) is 6.20 Å². The molecule has 1 aliphatic carbocycles. The van der Waals surface area contributed by atoms with E-state index >= 15 is 0 Å². The molecule has 2 rings (SSSR count). The number of Topliss-reactive ketones (excluding diaryl/α,β-unsaturated/α-hetero) is 1. The standard InChI is InChI=1S/C10H11NO/c1-7-2-5-9(11-6-7)10(12)8-3-4-8/h2,5-6,8H,3-4H2,1H3. The van der Waals surface area contributed by atoms with E-state index in [1.807, 2.05) is 19.1 Å². The van der Waals surface area contributed by atoms with Crippen LogP contribution in [0.1, 0.15) is 28.9 Å². The van der Waals surface area contributed by atoms with Crippen molar-refractivity contribution in [3.05, 3.63) is 29.6 Å². The first-order valence-electron chi connectivity index (χ1n) is 4.24. The van der Waals surface area contributed by atoms with Crippen LogP contribution in [0.3, 0.4) is 0 Å². The molecule has 1 aromatic rings. The minimum Gasteiger partial charge on any atom is -0.292 e. The lowest BCUT2D eigenvalue weighted by Gasteiger charge is -1.97. The van der Waals surface area contributed by atoms with Gasteiger partial charge in [0.15, 0.2) is 5.78 Å². The fourth-order valence-corrected chi connectivity index (χ4v) is 1.17. The second-order valence-electron chi connectivity index (χ2n) is 3.36. The number of aromatic nitrogens is 1. The Balaban J connectivity index is 2.22. The van der Waals surface area contributed by atoms with E-state index in [1.165, 1.54) is 0 Å². The first-order valence-corrected chi connectivity index (χ1v) is 4.24. The number of pyridine rings is 1. The van der Waals surface area contributed by atoms with Crippen molar-refractivity contribution >= 4 is 5.78 Å². The summed E-state index contributed by atoms with van der Waals surface area (Å²) in [5.74, 6) is 0.496. The molecule has 0 saturated heterocycles. The lowest BCUT2D eigenvalue weighted by atomic mass is 10.1. The Morgan fingerprint density at radius 1 is 1.50 bits per heavy atom. The minimum atomic E-state index is 0.218. The lowest BCUT2D eigenvalue weighted by Crippen LogP contribution is -2.03. The Hall–Kier alpha value is -1.18. The molecule has 2 nitrogen and oxygen atoms in total. The van der Waals surface area contributed by atoms with Crippen LogP contribution >= 0.6 is 0 Å². The van der Waals surface area contributed by atoms with Gasteiger partial charge in [-0.2, -0.15) is 0 Å². The molecule has 0 spiro atoms. The molecule has 0 radical (unpaired) electrons. The van der Waals surface area contributed by atoms with E-state index in [0.29, 0.717) is 5.69 Å². The maximum absolute atomic E-state index is 11.5. The smallest absolute Gasteiger partial charge is 0.184 e. The van der Waals surface area contributed by atoms with E-state index in [9.17, 15) is 4.79 Å². The van der Waals surface area contributed by atoms with E-state index in [0.717, 1.165) is 18.4 Å². The van der Waals surface area contributed by atoms with Gasteiger partial charge in [-0.15, -0.1) is 0 Å². The van der Waals surface area contributed by atoms with Crippen LogP contribution in [0.4, 0.5) is 0 Å². The molecule has 0 atom stereocenters. The first-order chi connectivity index (χ1) is 5.77. The third-order valence-corrected chi connectivity index (χ3v) is 2.11. The zero-order valence-electron chi connectivity index (χ0n) is 7.08. The third kappa shape index (κ3) is 1.37. The van der Waals surface area contributed by atoms with Crippen LogP contribution in [0.5, 0.6) is 0 Å². The van der Waals surface area contributed by atoms with Crippen molar-refractivity contribution in [3.63, 3.8) is 0 Å². The van der Waals surface area contributed by atoms with Crippen molar-refractivity contribution in [1.29, 1.82) is 0 Å². The average molecular weight is 161 g/mol. The molecule has 1 aliphatic rings. The number of rotatable bonds is 2. The predicted octanol–water partition coefficient (Wildman–Crippen LogP) is 1.98. The molecule has 0 aliphatic heterocycles. The highest BCUT2D eigenvalue weighted by Crippen LogP contribution is 2.31. The number of carbonyl (C=O) groups is 1. The summed E-state index contributed by atoms with van der Waals surface area (Å²) in [7, 11) is 0. The van der Waals surface area contributed by atoms with Crippen molar-refractivity contribution < 1.29 is 4.79 Å². The van der Waals surface area contributed by atoms with E-state index in [4.69, 9.17) is 0 Å². The van der Waals surface area contributed by atoms with E-state index < -0.39 is 0 Å². The van der Waals surface area contributed by atoms with Gasteiger partial charge in [-0.25, -0.2) is 0 Å². The van der Waals surface area contributed by atoms with Gasteiger partial charge in [0.25, 0.3) is 0 Å². The molecule has 12 heavy (non-hydrogen) atoms. The highest BCUT2D eigenvalue weighted by Gasteiger charge is 2.30. The number of hydrogen-bond donors (Lipinski definition) is 0. The molecular weight excluding hydrogens is 150 g/mol. The number of nitrogens with zero attached hydrogens (tertiary/aromatic N) is 1. The fourth-order valence-electron chi connectivity index (χ4n) is 1.17. The number of aryl methyl sites for hydroxylation is 1. The van der Waals surface area contributed by atoms with Crippen molar-refractivity contribution in [2.75, 3.05) is 0 Å². The van der Waals surface area contributed by atoms with Crippen LogP contribution in [-0.2, 0) is 0 Å². The molecule has 0 unspecified atom stereocenters. The van der Waals surface area contributed by atoms with Crippen LogP contribution in [0.15, 0.2) is 18.3 Å². The largest absolute Gasteiger partial charge is 0.292 e. The summed E-state index contributed by atoms with van der Waals surface area (Å²) in [5, 5.41) is 0. The van der Waals surface area contributed by atoms with Crippen LogP contribution in [0.2, 0.25) is 0 Å². The Bertz CT molecular complexity index is 298. The molecule has 1 aromatic heterocycles. The van der Waals surface area contributed by atoms with Crippen molar-refractivity contribution in [1.82, 2.24) is 4.98 Å². The fraction of sp³-hybridized carbons (Fsp3) is 0.400. The summed E-state index contributed by atoms with van der Waals surface area (Å²) < 4.78 is 0. The predicted molar refractivity (Wildman–Crippen MR) is 46.0 cm³/mol. The molecule has 2 heteroatoms. The third-order valence-electron chi connectivity index (χ3n) is 2.11. The van der Waals surface area contributed by atoms with Gasteiger partial charge in [0, 0.05) is 12.1 Å². The summed E-state index contributed by atoms with van der Waals surface area (Å²) in [6, 6.07) is 3.75. The first kappa shape index (κ1) is 7.47. The summed E-state index contributed by atoms with van der Waals surface area (Å²) in [6.45, 7) is 1.97. The van der Waals surface area contributed by atoms with Gasteiger partial charge in [-0.05, 0) is 31.4 Å². The summed E-state index contributed by atoms with van der Waals surface area (Å²) in [6.07, 6.45) is 3.85. The van der Waals surface area contributed by atoms with Crippen LogP contribution in [-0.4, -0.2) is 10.8 Å². The van der Waals surface area contributed by atoms with Crippen LogP contribution < -0.4 is 0 Å². The van der Waals surface area contributed by atoms with Gasteiger partial charge in [0.1, 0.15) is 5.69 Å². The molecule has 0 aromatic carbocycles. The number of ketones is 1. The Morgan fingerprint density at radius 2 is 2.25 bits per heavy atom. The minimum absolute atomic E-state index is 0.218. The Kier molecular flexibility index (Phi) is 1.68. The summed E-state index contributed by atoms with van der Waals surface area (Å²) in [4.78, 5) is 15.5. The van der Waals surface area contributed by atoms with Gasteiger partial charge < -0.3 is 0 Å². The molecular formula is C10H11NO. The second-order valence-corrected chi connectivity index (χ2v) is 3.36. The van der Waals surface area contributed by atoms with Crippen molar-refractivity contribution in [2.45, 2.75) is 19.8 Å². The maximum Gasteiger partial charge on any atom is 0.184 e. The normalized spacial score (nSPS) is 16.1. The summed E-state index contributed by atoms with van der Waals surface area (Å²) in [5.41, 5.74) is 1.73. The zero-order valence-corrected chi connectivity index (χ0v) is 7.08. The Morgan fingerprint density at radius 3 is 2.75 bits per heavy atom. The molecule has 1 heterocycles.